The number of hydrogen-bond acceptors (Lipinski definition) is 0. The van der Waals surface area contributed by atoms with E-state index in [2.05, 4.69) is 62.6 Å². The molecular weight excluding hydrogens is 316 g/mol. The average Bonchev–Trinajstić information content (AvgIpc) is 2.95. The van der Waals surface area contributed by atoms with Crippen LogP contribution in [0.4, 0.5) is 0 Å². The summed E-state index contributed by atoms with van der Waals surface area (Å²) < 4.78 is 27.8. The van der Waals surface area contributed by atoms with Crippen molar-refractivity contribution in [1.82, 2.24) is 4.57 Å². The largest absolute Gasteiger partial charge is 0.286 e. The molecule has 2 aromatic carbocycles. The normalized spacial score (nSPS) is 14.0. The van der Waals surface area contributed by atoms with E-state index < -0.39 is 6.85 Å². The van der Waals surface area contributed by atoms with Crippen molar-refractivity contribution in [3.8, 4) is 5.82 Å². The zero-order chi connectivity index (χ0) is 21.1. The lowest BCUT2D eigenvalue weighted by Crippen LogP contribution is -2.37. The van der Waals surface area contributed by atoms with Crippen molar-refractivity contribution < 1.29 is 8.68 Å². The third-order valence-electron chi connectivity index (χ3n) is 5.44. The quantitative estimate of drug-likeness (QED) is 0.414. The number of aryl methyl sites for hydroxylation is 3. The fourth-order valence-electron chi connectivity index (χ4n) is 4.06. The minimum atomic E-state index is -2.17. The van der Waals surface area contributed by atoms with Gasteiger partial charge in [0.2, 0.25) is 0 Å². The first-order valence-corrected chi connectivity index (χ1v) is 9.15. The van der Waals surface area contributed by atoms with Crippen LogP contribution in [0.25, 0.3) is 27.6 Å². The van der Waals surface area contributed by atoms with E-state index in [0.717, 1.165) is 16.9 Å². The van der Waals surface area contributed by atoms with Gasteiger partial charge < -0.3 is 0 Å². The predicted octanol–water partition coefficient (Wildman–Crippen LogP) is 5.66. The summed E-state index contributed by atoms with van der Waals surface area (Å²) in [6.45, 7) is 6.53. The fraction of sp³-hybridized carbons (Fsp3) is 0.292. The number of benzene rings is 2. The molecule has 4 rings (SSSR count). The molecule has 26 heavy (non-hydrogen) atoms. The molecule has 0 radical (unpaired) electrons. The van der Waals surface area contributed by atoms with Crippen LogP contribution >= 0.6 is 0 Å². The lowest BCUT2D eigenvalue weighted by atomic mass is 9.95. The number of nitrogens with zero attached hydrogens (tertiary/aromatic N) is 2. The van der Waals surface area contributed by atoms with Gasteiger partial charge >= 0.3 is 0 Å². The van der Waals surface area contributed by atoms with E-state index in [9.17, 15) is 0 Å². The minimum Gasteiger partial charge on any atom is -0.234 e. The smallest absolute Gasteiger partial charge is 0.234 e. The van der Waals surface area contributed by atoms with E-state index in [1.807, 2.05) is 19.2 Å². The van der Waals surface area contributed by atoms with Crippen LogP contribution < -0.4 is 4.57 Å². The van der Waals surface area contributed by atoms with Crippen LogP contribution in [0.1, 0.15) is 46.3 Å². The highest BCUT2D eigenvalue weighted by molar-refractivity contribution is 6.10. The molecule has 0 saturated heterocycles. The zero-order valence-corrected chi connectivity index (χ0v) is 16.1. The number of fused-ring (bicyclic) bond motifs is 3. The van der Waals surface area contributed by atoms with Gasteiger partial charge in [-0.05, 0) is 56.4 Å². The summed E-state index contributed by atoms with van der Waals surface area (Å²) in [7, 11) is 1.84. The Kier molecular flexibility index (Phi) is 3.12. The van der Waals surface area contributed by atoms with Crippen molar-refractivity contribution in [2.45, 2.75) is 40.5 Å². The Hall–Kier alpha value is -2.61. The zero-order valence-electron chi connectivity index (χ0n) is 19.1. The van der Waals surface area contributed by atoms with Crippen LogP contribution in [-0.2, 0) is 7.05 Å². The second kappa shape index (κ2) is 5.98. The molecule has 0 unspecified atom stereocenters. The lowest BCUT2D eigenvalue weighted by molar-refractivity contribution is -0.671. The predicted molar refractivity (Wildman–Crippen MR) is 110 cm³/mol. The number of rotatable bonds is 2. The second-order valence-corrected chi connectivity index (χ2v) is 7.51. The highest BCUT2D eigenvalue weighted by Gasteiger charge is 2.24. The summed E-state index contributed by atoms with van der Waals surface area (Å²) in [5, 5.41) is 2.39. The van der Waals surface area contributed by atoms with E-state index in [0.29, 0.717) is 11.6 Å². The summed E-state index contributed by atoms with van der Waals surface area (Å²) in [4.78, 5) is 0. The molecule has 2 heteroatoms. The Bertz CT molecular complexity index is 1250. The first-order valence-electron chi connectivity index (χ1n) is 10.7. The van der Waals surface area contributed by atoms with Gasteiger partial charge in [-0.15, -0.1) is 0 Å². The summed E-state index contributed by atoms with van der Waals surface area (Å²) in [5.74, 6) is 1.27. The average molecular weight is 347 g/mol. The fourth-order valence-corrected chi connectivity index (χ4v) is 4.06. The molecule has 0 atom stereocenters. The van der Waals surface area contributed by atoms with Gasteiger partial charge in [-0.2, -0.15) is 4.57 Å². The molecular formula is C24H27N2+. The molecule has 132 valence electrons. The van der Waals surface area contributed by atoms with Gasteiger partial charge in [0.25, 0.3) is 5.82 Å². The summed E-state index contributed by atoms with van der Waals surface area (Å²) in [6, 6.07) is 16.4. The Morgan fingerprint density at radius 1 is 1.00 bits per heavy atom. The van der Waals surface area contributed by atoms with E-state index in [1.54, 1.807) is 10.6 Å². The van der Waals surface area contributed by atoms with Crippen LogP contribution in [0.2, 0.25) is 0 Å². The number of pyridine rings is 1. The Morgan fingerprint density at radius 2 is 1.81 bits per heavy atom. The van der Waals surface area contributed by atoms with Crippen molar-refractivity contribution in [3.63, 3.8) is 0 Å². The van der Waals surface area contributed by atoms with Crippen LogP contribution in [0.5, 0.6) is 0 Å². The van der Waals surface area contributed by atoms with Gasteiger partial charge in [0.05, 0.1) is 7.05 Å². The monoisotopic (exact) mass is 346 g/mol. The molecule has 0 bridgehead atoms. The summed E-state index contributed by atoms with van der Waals surface area (Å²) in [5.41, 5.74) is 6.33. The first-order chi connectivity index (χ1) is 13.6. The first kappa shape index (κ1) is 13.6. The van der Waals surface area contributed by atoms with Gasteiger partial charge in [-0.25, -0.2) is 4.57 Å². The molecule has 0 fully saturated rings. The Morgan fingerprint density at radius 3 is 2.54 bits per heavy atom. The molecule has 0 N–H and O–H groups in total. The third kappa shape index (κ3) is 2.36. The van der Waals surface area contributed by atoms with Gasteiger partial charge in [0, 0.05) is 26.5 Å². The van der Waals surface area contributed by atoms with Crippen molar-refractivity contribution in [1.29, 1.82) is 0 Å². The molecule has 2 nitrogen and oxygen atoms in total. The Labute approximate surface area is 159 Å². The van der Waals surface area contributed by atoms with E-state index >= 15 is 0 Å². The van der Waals surface area contributed by atoms with Crippen molar-refractivity contribution in [3.05, 3.63) is 70.9 Å². The van der Waals surface area contributed by atoms with E-state index in [1.165, 1.54) is 27.5 Å². The van der Waals surface area contributed by atoms with E-state index in [4.69, 9.17) is 4.11 Å². The standard InChI is InChI=1S/C24H27N2/c1-15(2)19-11-12-20-21-14-16(3)10-13-22(21)26(24(20)18(19)5)23-9-7-8-17(4)25(23)6/h7-15H,1-6H3/q+1/i4D3. The number of aromatic nitrogens is 2. The molecule has 0 amide bonds. The van der Waals surface area contributed by atoms with Gasteiger partial charge in [-0.3, -0.25) is 0 Å². The molecule has 0 aliphatic rings. The van der Waals surface area contributed by atoms with Gasteiger partial charge in [-0.1, -0.05) is 37.6 Å². The maximum atomic E-state index is 7.93. The molecule has 0 saturated carbocycles. The van der Waals surface area contributed by atoms with Crippen LogP contribution in [-0.4, -0.2) is 4.57 Å². The maximum absolute atomic E-state index is 7.93. The van der Waals surface area contributed by atoms with Crippen molar-refractivity contribution >= 4 is 21.8 Å². The van der Waals surface area contributed by atoms with E-state index in [-0.39, 0.29) is 0 Å². The summed E-state index contributed by atoms with van der Waals surface area (Å²) >= 11 is 0. The lowest BCUT2D eigenvalue weighted by Gasteiger charge is -2.12. The third-order valence-corrected chi connectivity index (χ3v) is 5.44. The Balaban J connectivity index is 2.21. The highest BCUT2D eigenvalue weighted by Crippen LogP contribution is 2.36. The molecule has 2 heterocycles. The van der Waals surface area contributed by atoms with Crippen molar-refractivity contribution in [2.75, 3.05) is 0 Å². The minimum absolute atomic E-state index is 0.328. The molecule has 2 aromatic heterocycles. The van der Waals surface area contributed by atoms with Gasteiger partial charge in [0.1, 0.15) is 16.7 Å². The summed E-state index contributed by atoms with van der Waals surface area (Å²) in [6.07, 6.45) is 0. The highest BCUT2D eigenvalue weighted by atomic mass is 15.1. The maximum Gasteiger partial charge on any atom is 0.286 e. The SMILES string of the molecule is [2H]C([2H])([2H])c1cccc(-n2c3ccc(C)cc3c3ccc(C(C)C)c(C)c32)[n+]1C. The molecule has 0 aliphatic carbocycles. The van der Waals surface area contributed by atoms with Gasteiger partial charge in [0.15, 0.2) is 0 Å². The number of hydrogen-bond donors (Lipinski definition) is 0. The van der Waals surface area contributed by atoms with Crippen LogP contribution in [0.15, 0.2) is 48.5 Å². The molecule has 0 spiro atoms. The topological polar surface area (TPSA) is 8.81 Å². The van der Waals surface area contributed by atoms with Crippen LogP contribution in [0.3, 0.4) is 0 Å². The molecule has 0 aliphatic heterocycles. The second-order valence-electron chi connectivity index (χ2n) is 7.51. The van der Waals surface area contributed by atoms with Crippen LogP contribution in [0, 0.1) is 20.7 Å². The molecule has 4 aromatic rings. The van der Waals surface area contributed by atoms with Crippen molar-refractivity contribution in [2.24, 2.45) is 7.05 Å².